The van der Waals surface area contributed by atoms with Crippen LogP contribution in [0.5, 0.6) is 0 Å². The Kier molecular flexibility index (Phi) is 4.98. The first-order valence-electron chi connectivity index (χ1n) is 7.02. The first-order chi connectivity index (χ1) is 9.66. The number of carboxylic acid groups (broad SMARTS) is 1. The molecule has 1 saturated carbocycles. The van der Waals surface area contributed by atoms with Crippen molar-refractivity contribution >= 4 is 17.7 Å². The van der Waals surface area contributed by atoms with Crippen molar-refractivity contribution in [2.24, 2.45) is 5.92 Å². The van der Waals surface area contributed by atoms with Crippen molar-refractivity contribution in [2.45, 2.75) is 38.1 Å². The fourth-order valence-corrected chi connectivity index (χ4v) is 2.68. The number of carbonyl (C=O) groups is 2. The second kappa shape index (κ2) is 6.93. The molecule has 2 amide bonds. The maximum absolute atomic E-state index is 11.9. The Bertz CT molecular complexity index is 455. The topological polar surface area (TPSA) is 78.4 Å². The number of benzene rings is 1. The molecule has 0 aromatic heterocycles. The number of hydrogen-bond acceptors (Lipinski definition) is 2. The molecule has 0 saturated heterocycles. The van der Waals surface area contributed by atoms with Gasteiger partial charge in [-0.05, 0) is 30.9 Å². The summed E-state index contributed by atoms with van der Waals surface area (Å²) in [5, 5.41) is 14.5. The van der Waals surface area contributed by atoms with Crippen LogP contribution in [-0.2, 0) is 4.79 Å². The molecule has 0 radical (unpaired) electrons. The van der Waals surface area contributed by atoms with Gasteiger partial charge < -0.3 is 15.7 Å². The van der Waals surface area contributed by atoms with Crippen LogP contribution in [0.1, 0.15) is 32.1 Å². The Morgan fingerprint density at radius 1 is 1.10 bits per heavy atom. The van der Waals surface area contributed by atoms with E-state index in [-0.39, 0.29) is 5.92 Å². The highest BCUT2D eigenvalue weighted by Gasteiger charge is 2.30. The number of carbonyl (C=O) groups excluding carboxylic acids is 1. The molecule has 5 heteroatoms. The van der Waals surface area contributed by atoms with Crippen molar-refractivity contribution in [3.05, 3.63) is 30.3 Å². The van der Waals surface area contributed by atoms with E-state index in [0.29, 0.717) is 5.69 Å². The Labute approximate surface area is 118 Å². The van der Waals surface area contributed by atoms with Gasteiger partial charge in [-0.2, -0.15) is 0 Å². The predicted molar refractivity (Wildman–Crippen MR) is 76.6 cm³/mol. The predicted octanol–water partition coefficient (Wildman–Crippen LogP) is 2.84. The third-order valence-electron chi connectivity index (χ3n) is 3.71. The van der Waals surface area contributed by atoms with E-state index in [9.17, 15) is 14.7 Å². The number of urea groups is 1. The summed E-state index contributed by atoms with van der Waals surface area (Å²) in [7, 11) is 0. The third kappa shape index (κ3) is 3.98. The zero-order valence-corrected chi connectivity index (χ0v) is 11.3. The fourth-order valence-electron chi connectivity index (χ4n) is 2.68. The highest BCUT2D eigenvalue weighted by Crippen LogP contribution is 2.26. The van der Waals surface area contributed by atoms with Crippen LogP contribution in [0.4, 0.5) is 10.5 Å². The van der Waals surface area contributed by atoms with Gasteiger partial charge >= 0.3 is 12.0 Å². The van der Waals surface area contributed by atoms with E-state index in [0.717, 1.165) is 32.1 Å². The van der Waals surface area contributed by atoms with E-state index in [2.05, 4.69) is 10.6 Å². The van der Waals surface area contributed by atoms with Crippen molar-refractivity contribution in [1.82, 2.24) is 5.32 Å². The van der Waals surface area contributed by atoms with E-state index in [1.165, 1.54) is 0 Å². The molecule has 20 heavy (non-hydrogen) atoms. The lowest BCUT2D eigenvalue weighted by Gasteiger charge is -2.28. The summed E-state index contributed by atoms with van der Waals surface area (Å²) in [6, 6.07) is 7.72. The maximum Gasteiger partial charge on any atom is 0.326 e. The van der Waals surface area contributed by atoms with Crippen molar-refractivity contribution in [1.29, 1.82) is 0 Å². The summed E-state index contributed by atoms with van der Waals surface area (Å²) in [5.74, 6) is -0.928. The number of aliphatic carboxylic acids is 1. The van der Waals surface area contributed by atoms with E-state index < -0.39 is 18.0 Å². The molecule has 0 spiro atoms. The van der Waals surface area contributed by atoms with Crippen LogP contribution in [0.3, 0.4) is 0 Å². The van der Waals surface area contributed by atoms with Crippen molar-refractivity contribution < 1.29 is 14.7 Å². The van der Waals surface area contributed by atoms with Gasteiger partial charge in [0.2, 0.25) is 0 Å². The Hall–Kier alpha value is -2.04. The Balaban J connectivity index is 1.93. The zero-order chi connectivity index (χ0) is 14.4. The molecule has 1 aliphatic carbocycles. The third-order valence-corrected chi connectivity index (χ3v) is 3.71. The Morgan fingerprint density at radius 2 is 1.75 bits per heavy atom. The number of nitrogens with one attached hydrogen (secondary N) is 2. The van der Waals surface area contributed by atoms with Crippen LogP contribution in [0.15, 0.2) is 30.3 Å². The number of rotatable bonds is 4. The van der Waals surface area contributed by atoms with Gasteiger partial charge in [0.25, 0.3) is 0 Å². The standard InChI is InChI=1S/C15H20N2O3/c18-14(19)13(11-7-3-1-4-8-11)17-15(20)16-12-9-5-2-6-10-12/h2,5-6,9-11,13H,1,3-4,7-8H2,(H,18,19)(H2,16,17,20). The summed E-state index contributed by atoms with van der Waals surface area (Å²) in [5.41, 5.74) is 0.651. The second-order valence-electron chi connectivity index (χ2n) is 5.18. The average Bonchev–Trinajstić information content (AvgIpc) is 2.46. The minimum absolute atomic E-state index is 0.0303. The zero-order valence-electron chi connectivity index (χ0n) is 11.3. The maximum atomic E-state index is 11.9. The van der Waals surface area contributed by atoms with Crippen LogP contribution >= 0.6 is 0 Å². The lowest BCUT2D eigenvalue weighted by molar-refractivity contribution is -0.141. The van der Waals surface area contributed by atoms with Gasteiger partial charge in [0, 0.05) is 5.69 Å². The molecular formula is C15H20N2O3. The van der Waals surface area contributed by atoms with Gasteiger partial charge in [-0.1, -0.05) is 37.5 Å². The first-order valence-corrected chi connectivity index (χ1v) is 7.02. The summed E-state index contributed by atoms with van der Waals surface area (Å²) >= 11 is 0. The molecular weight excluding hydrogens is 256 g/mol. The smallest absolute Gasteiger partial charge is 0.326 e. The SMILES string of the molecule is O=C(Nc1ccccc1)NC(C(=O)O)C1CCCCC1. The van der Waals surface area contributed by atoms with Crippen LogP contribution in [0.25, 0.3) is 0 Å². The molecule has 1 atom stereocenters. The molecule has 1 aliphatic rings. The molecule has 5 nitrogen and oxygen atoms in total. The van der Waals surface area contributed by atoms with Gasteiger partial charge in [-0.15, -0.1) is 0 Å². The molecule has 1 aromatic carbocycles. The molecule has 0 heterocycles. The van der Waals surface area contributed by atoms with Gasteiger partial charge in [-0.3, -0.25) is 0 Å². The lowest BCUT2D eigenvalue weighted by Crippen LogP contribution is -2.48. The minimum Gasteiger partial charge on any atom is -0.480 e. The summed E-state index contributed by atoms with van der Waals surface area (Å²) in [4.78, 5) is 23.2. The van der Waals surface area contributed by atoms with E-state index in [4.69, 9.17) is 0 Å². The molecule has 0 bridgehead atoms. The molecule has 2 rings (SSSR count). The summed E-state index contributed by atoms with van der Waals surface area (Å²) in [6.07, 6.45) is 4.96. The Morgan fingerprint density at radius 3 is 2.35 bits per heavy atom. The normalized spacial score (nSPS) is 17.2. The number of anilines is 1. The van der Waals surface area contributed by atoms with E-state index in [1.807, 2.05) is 18.2 Å². The van der Waals surface area contributed by atoms with Crippen molar-refractivity contribution in [3.63, 3.8) is 0 Å². The monoisotopic (exact) mass is 276 g/mol. The summed E-state index contributed by atoms with van der Waals surface area (Å²) in [6.45, 7) is 0. The molecule has 0 aliphatic heterocycles. The quantitative estimate of drug-likeness (QED) is 0.791. The second-order valence-corrected chi connectivity index (χ2v) is 5.18. The lowest BCUT2D eigenvalue weighted by atomic mass is 9.84. The number of para-hydroxylation sites is 1. The van der Waals surface area contributed by atoms with Crippen LogP contribution in [0.2, 0.25) is 0 Å². The highest BCUT2D eigenvalue weighted by atomic mass is 16.4. The number of amides is 2. The molecule has 1 aromatic rings. The number of carboxylic acids is 1. The molecule has 3 N–H and O–H groups in total. The van der Waals surface area contributed by atoms with Crippen LogP contribution in [-0.4, -0.2) is 23.1 Å². The van der Waals surface area contributed by atoms with Crippen LogP contribution < -0.4 is 10.6 Å². The van der Waals surface area contributed by atoms with Gasteiger partial charge in [0.05, 0.1) is 0 Å². The van der Waals surface area contributed by atoms with E-state index in [1.54, 1.807) is 12.1 Å². The fraction of sp³-hybridized carbons (Fsp3) is 0.467. The van der Waals surface area contributed by atoms with Gasteiger partial charge in [-0.25, -0.2) is 9.59 Å². The largest absolute Gasteiger partial charge is 0.480 e. The molecule has 108 valence electrons. The van der Waals surface area contributed by atoms with Gasteiger partial charge in [0.15, 0.2) is 0 Å². The molecule has 1 unspecified atom stereocenters. The minimum atomic E-state index is -0.958. The van der Waals surface area contributed by atoms with Crippen molar-refractivity contribution in [3.8, 4) is 0 Å². The highest BCUT2D eigenvalue weighted by molar-refractivity contribution is 5.92. The van der Waals surface area contributed by atoms with Gasteiger partial charge in [0.1, 0.15) is 6.04 Å². The molecule has 1 fully saturated rings. The average molecular weight is 276 g/mol. The van der Waals surface area contributed by atoms with Crippen LogP contribution in [0, 0.1) is 5.92 Å². The summed E-state index contributed by atoms with van der Waals surface area (Å²) < 4.78 is 0. The first kappa shape index (κ1) is 14.4. The van der Waals surface area contributed by atoms with E-state index >= 15 is 0 Å². The number of hydrogen-bond donors (Lipinski definition) is 3. The van der Waals surface area contributed by atoms with Crippen molar-refractivity contribution in [2.75, 3.05) is 5.32 Å².